The van der Waals surface area contributed by atoms with Gasteiger partial charge in [-0.05, 0) is 42.8 Å². The molecule has 0 aliphatic rings. The normalized spacial score (nSPS) is 11.2. The van der Waals surface area contributed by atoms with Gasteiger partial charge in [-0.15, -0.1) is 0 Å². The number of hydrogen-bond donors (Lipinski definition) is 1. The van der Waals surface area contributed by atoms with Crippen LogP contribution in [0, 0.1) is 5.82 Å². The first-order valence-electron chi connectivity index (χ1n) is 7.75. The summed E-state index contributed by atoms with van der Waals surface area (Å²) in [5, 5.41) is 2.34. The van der Waals surface area contributed by atoms with Crippen LogP contribution in [-0.2, 0) is 6.18 Å². The van der Waals surface area contributed by atoms with Crippen LogP contribution < -0.4 is 14.8 Å². The highest BCUT2D eigenvalue weighted by Crippen LogP contribution is 2.35. The van der Waals surface area contributed by atoms with Gasteiger partial charge in [-0.1, -0.05) is 6.92 Å². The average molecular weight is 371 g/mol. The van der Waals surface area contributed by atoms with Crippen LogP contribution in [0.1, 0.15) is 29.3 Å². The third kappa shape index (κ3) is 4.65. The van der Waals surface area contributed by atoms with Crippen LogP contribution in [0.15, 0.2) is 36.4 Å². The van der Waals surface area contributed by atoms with Gasteiger partial charge in [0.05, 0.1) is 30.5 Å². The van der Waals surface area contributed by atoms with E-state index in [0.29, 0.717) is 6.42 Å². The van der Waals surface area contributed by atoms with Crippen molar-refractivity contribution >= 4 is 11.6 Å². The van der Waals surface area contributed by atoms with Gasteiger partial charge in [-0.3, -0.25) is 4.79 Å². The predicted molar refractivity (Wildman–Crippen MR) is 88.1 cm³/mol. The van der Waals surface area contributed by atoms with Crippen LogP contribution in [0.25, 0.3) is 0 Å². The fourth-order valence-corrected chi connectivity index (χ4v) is 2.19. The molecular formula is C18H17F4NO3. The Bertz CT molecular complexity index is 790. The lowest BCUT2D eigenvalue weighted by Gasteiger charge is -2.16. The fraction of sp³-hybridized carbons (Fsp3) is 0.278. The molecule has 1 N–H and O–H groups in total. The van der Waals surface area contributed by atoms with Gasteiger partial charge < -0.3 is 14.8 Å². The lowest BCUT2D eigenvalue weighted by molar-refractivity contribution is -0.137. The molecule has 140 valence electrons. The van der Waals surface area contributed by atoms with E-state index >= 15 is 0 Å². The highest BCUT2D eigenvalue weighted by atomic mass is 19.4. The zero-order valence-electron chi connectivity index (χ0n) is 14.1. The standard InChI is InChI=1S/C18H17F4NO3/c1-3-8-26-16-6-4-11(18(20,21)22)9-14(16)23-17(24)13-10-12(19)5-7-15(13)25-2/h4-7,9-10H,3,8H2,1-2H3,(H,23,24). The second-order valence-electron chi connectivity index (χ2n) is 5.36. The summed E-state index contributed by atoms with van der Waals surface area (Å²) < 4.78 is 62.7. The van der Waals surface area contributed by atoms with Gasteiger partial charge in [0, 0.05) is 0 Å². The van der Waals surface area contributed by atoms with E-state index < -0.39 is 23.5 Å². The number of ether oxygens (including phenoxy) is 2. The molecule has 0 spiro atoms. The van der Waals surface area contributed by atoms with Crippen molar-refractivity contribution in [3.8, 4) is 11.5 Å². The highest BCUT2D eigenvalue weighted by molar-refractivity contribution is 6.07. The Morgan fingerprint density at radius 1 is 1.12 bits per heavy atom. The molecular weight excluding hydrogens is 354 g/mol. The van der Waals surface area contributed by atoms with Gasteiger partial charge in [-0.2, -0.15) is 13.2 Å². The Hall–Kier alpha value is -2.77. The van der Waals surface area contributed by atoms with Crippen LogP contribution in [-0.4, -0.2) is 19.6 Å². The van der Waals surface area contributed by atoms with Crippen molar-refractivity contribution in [2.24, 2.45) is 0 Å². The molecule has 0 unspecified atom stereocenters. The molecule has 0 aliphatic heterocycles. The minimum atomic E-state index is -4.58. The van der Waals surface area contributed by atoms with Crippen LogP contribution >= 0.6 is 0 Å². The lowest BCUT2D eigenvalue weighted by Crippen LogP contribution is -2.16. The third-order valence-corrected chi connectivity index (χ3v) is 3.42. The summed E-state index contributed by atoms with van der Waals surface area (Å²) in [5.41, 5.74) is -1.25. The van der Waals surface area contributed by atoms with Gasteiger partial charge in [0.1, 0.15) is 17.3 Å². The molecule has 0 aliphatic carbocycles. The molecule has 2 aromatic rings. The molecule has 2 aromatic carbocycles. The summed E-state index contributed by atoms with van der Waals surface area (Å²) in [6, 6.07) is 6.07. The van der Waals surface area contributed by atoms with E-state index in [1.165, 1.54) is 13.2 Å². The van der Waals surface area contributed by atoms with E-state index in [-0.39, 0.29) is 29.4 Å². The topological polar surface area (TPSA) is 47.6 Å². The molecule has 0 atom stereocenters. The minimum Gasteiger partial charge on any atom is -0.496 e. The van der Waals surface area contributed by atoms with Crippen molar-refractivity contribution in [3.05, 3.63) is 53.3 Å². The molecule has 2 rings (SSSR count). The van der Waals surface area contributed by atoms with E-state index in [4.69, 9.17) is 9.47 Å². The van der Waals surface area contributed by atoms with Crippen molar-refractivity contribution in [2.45, 2.75) is 19.5 Å². The number of rotatable bonds is 6. The number of carbonyl (C=O) groups is 1. The van der Waals surface area contributed by atoms with Crippen molar-refractivity contribution in [3.63, 3.8) is 0 Å². The Morgan fingerprint density at radius 3 is 2.42 bits per heavy atom. The summed E-state index contributed by atoms with van der Waals surface area (Å²) in [5.74, 6) is -1.32. The molecule has 8 heteroatoms. The number of alkyl halides is 3. The highest BCUT2D eigenvalue weighted by Gasteiger charge is 2.31. The minimum absolute atomic E-state index is 0.0866. The third-order valence-electron chi connectivity index (χ3n) is 3.42. The number of amides is 1. The molecule has 26 heavy (non-hydrogen) atoms. The smallest absolute Gasteiger partial charge is 0.416 e. The van der Waals surface area contributed by atoms with Crippen LogP contribution in [0.4, 0.5) is 23.2 Å². The van der Waals surface area contributed by atoms with Crippen LogP contribution in [0.3, 0.4) is 0 Å². The monoisotopic (exact) mass is 371 g/mol. The molecule has 0 saturated carbocycles. The van der Waals surface area contributed by atoms with Gasteiger partial charge in [-0.25, -0.2) is 4.39 Å². The summed E-state index contributed by atoms with van der Waals surface area (Å²) in [6.07, 6.45) is -3.95. The Balaban J connectivity index is 2.39. The summed E-state index contributed by atoms with van der Waals surface area (Å²) >= 11 is 0. The Morgan fingerprint density at radius 2 is 1.81 bits per heavy atom. The molecule has 4 nitrogen and oxygen atoms in total. The van der Waals surface area contributed by atoms with E-state index in [9.17, 15) is 22.4 Å². The van der Waals surface area contributed by atoms with Crippen molar-refractivity contribution in [2.75, 3.05) is 19.0 Å². The molecule has 1 amide bonds. The van der Waals surface area contributed by atoms with Gasteiger partial charge >= 0.3 is 6.18 Å². The Labute approximate surface area is 147 Å². The number of hydrogen-bond acceptors (Lipinski definition) is 3. The van der Waals surface area contributed by atoms with E-state index in [1.807, 2.05) is 6.92 Å². The van der Waals surface area contributed by atoms with Crippen molar-refractivity contribution < 1.29 is 31.8 Å². The summed E-state index contributed by atoms with van der Waals surface area (Å²) in [4.78, 5) is 12.4. The SMILES string of the molecule is CCCOc1ccc(C(F)(F)F)cc1NC(=O)c1cc(F)ccc1OC. The van der Waals surface area contributed by atoms with Crippen LogP contribution in [0.5, 0.6) is 11.5 Å². The van der Waals surface area contributed by atoms with Gasteiger partial charge in [0.25, 0.3) is 5.91 Å². The maximum atomic E-state index is 13.4. The van der Waals surface area contributed by atoms with E-state index in [0.717, 1.165) is 30.3 Å². The first-order chi connectivity index (χ1) is 12.3. The number of benzene rings is 2. The first-order valence-corrected chi connectivity index (χ1v) is 7.75. The van der Waals surface area contributed by atoms with Crippen molar-refractivity contribution in [1.29, 1.82) is 0 Å². The second-order valence-corrected chi connectivity index (χ2v) is 5.36. The van der Waals surface area contributed by atoms with Gasteiger partial charge in [0.2, 0.25) is 0 Å². The van der Waals surface area contributed by atoms with E-state index in [2.05, 4.69) is 5.32 Å². The number of methoxy groups -OCH3 is 1. The number of nitrogens with one attached hydrogen (secondary N) is 1. The van der Waals surface area contributed by atoms with Crippen molar-refractivity contribution in [1.82, 2.24) is 0 Å². The molecule has 0 fully saturated rings. The quantitative estimate of drug-likeness (QED) is 0.735. The second kappa shape index (κ2) is 8.07. The Kier molecular flexibility index (Phi) is 6.07. The average Bonchev–Trinajstić information content (AvgIpc) is 2.59. The first kappa shape index (κ1) is 19.6. The number of anilines is 1. The summed E-state index contributed by atoms with van der Waals surface area (Å²) in [6.45, 7) is 2.09. The fourth-order valence-electron chi connectivity index (χ4n) is 2.19. The maximum Gasteiger partial charge on any atom is 0.416 e. The largest absolute Gasteiger partial charge is 0.496 e. The molecule has 0 heterocycles. The zero-order valence-corrected chi connectivity index (χ0v) is 14.1. The zero-order chi connectivity index (χ0) is 19.3. The van der Waals surface area contributed by atoms with Crippen LogP contribution in [0.2, 0.25) is 0 Å². The number of carbonyl (C=O) groups excluding carboxylic acids is 1. The van der Waals surface area contributed by atoms with E-state index in [1.54, 1.807) is 0 Å². The summed E-state index contributed by atoms with van der Waals surface area (Å²) in [7, 11) is 1.30. The predicted octanol–water partition coefficient (Wildman–Crippen LogP) is 4.89. The molecule has 0 aromatic heterocycles. The van der Waals surface area contributed by atoms with Gasteiger partial charge in [0.15, 0.2) is 0 Å². The molecule has 0 bridgehead atoms. The maximum absolute atomic E-state index is 13.4. The molecule has 0 radical (unpaired) electrons. The lowest BCUT2D eigenvalue weighted by atomic mass is 10.1. The number of halogens is 4. The molecule has 0 saturated heterocycles.